The number of benzene rings is 1. The minimum atomic E-state index is -3.48. The third kappa shape index (κ3) is 3.32. The van der Waals surface area contributed by atoms with Gasteiger partial charge in [0, 0.05) is 27.2 Å². The third-order valence-electron chi connectivity index (χ3n) is 5.46. The fourth-order valence-electron chi connectivity index (χ4n) is 3.87. The Bertz CT molecular complexity index is 735. The van der Waals surface area contributed by atoms with E-state index in [-0.39, 0.29) is 17.4 Å². The Kier molecular flexibility index (Phi) is 4.92. The Morgan fingerprint density at radius 3 is 2.52 bits per heavy atom. The second-order valence-electron chi connectivity index (χ2n) is 7.27. The molecule has 0 aliphatic carbocycles. The van der Waals surface area contributed by atoms with Gasteiger partial charge in [0.2, 0.25) is 10.0 Å². The Labute approximate surface area is 149 Å². The van der Waals surface area contributed by atoms with Gasteiger partial charge in [0.1, 0.15) is 6.10 Å². The average Bonchev–Trinajstić information content (AvgIpc) is 3.02. The predicted octanol–water partition coefficient (Wildman–Crippen LogP) is 1.72. The molecule has 1 spiro atoms. The van der Waals surface area contributed by atoms with Crippen molar-refractivity contribution in [2.24, 2.45) is 5.92 Å². The molecule has 2 aliphatic rings. The zero-order chi connectivity index (χ0) is 18.2. The number of carbonyl (C=O) groups excluding carboxylic acids is 1. The van der Waals surface area contributed by atoms with Crippen molar-refractivity contribution >= 4 is 15.9 Å². The predicted molar refractivity (Wildman–Crippen MR) is 94.5 cm³/mol. The summed E-state index contributed by atoms with van der Waals surface area (Å²) in [6, 6.07) is 8.53. The first-order valence-electron chi connectivity index (χ1n) is 8.70. The summed E-state index contributed by atoms with van der Waals surface area (Å²) in [5, 5.41) is 0. The molecular weight excluding hydrogens is 340 g/mol. The molecule has 0 bridgehead atoms. The van der Waals surface area contributed by atoms with E-state index in [0.717, 1.165) is 6.42 Å². The lowest BCUT2D eigenvalue weighted by molar-refractivity contribution is -0.152. The second-order valence-corrected chi connectivity index (χ2v) is 9.21. The maximum absolute atomic E-state index is 12.8. The van der Waals surface area contributed by atoms with Gasteiger partial charge in [-0.1, -0.05) is 25.1 Å². The molecule has 0 aromatic heterocycles. The van der Waals surface area contributed by atoms with Gasteiger partial charge < -0.3 is 9.64 Å². The van der Waals surface area contributed by atoms with E-state index in [4.69, 9.17) is 4.74 Å². The number of carbonyl (C=O) groups is 1. The van der Waals surface area contributed by atoms with Crippen LogP contribution in [-0.4, -0.2) is 62.4 Å². The maximum Gasteiger partial charge on any atom is 0.251 e. The van der Waals surface area contributed by atoms with E-state index in [9.17, 15) is 13.2 Å². The van der Waals surface area contributed by atoms with Gasteiger partial charge in [-0.3, -0.25) is 4.79 Å². The Morgan fingerprint density at radius 1 is 1.24 bits per heavy atom. The molecule has 6 nitrogen and oxygen atoms in total. The summed E-state index contributed by atoms with van der Waals surface area (Å²) in [5.41, 5.74) is -0.390. The van der Waals surface area contributed by atoms with Crippen molar-refractivity contribution in [3.8, 4) is 0 Å². The van der Waals surface area contributed by atoms with Crippen LogP contribution in [0.25, 0.3) is 0 Å². The largest absolute Gasteiger partial charge is 0.362 e. The van der Waals surface area contributed by atoms with Crippen LogP contribution in [0, 0.1) is 5.92 Å². The highest BCUT2D eigenvalue weighted by Crippen LogP contribution is 2.43. The summed E-state index contributed by atoms with van der Waals surface area (Å²) in [4.78, 5) is 14.1. The van der Waals surface area contributed by atoms with Crippen molar-refractivity contribution in [1.29, 1.82) is 0 Å². The second kappa shape index (κ2) is 6.70. The van der Waals surface area contributed by atoms with E-state index in [0.29, 0.717) is 30.8 Å². The quantitative estimate of drug-likeness (QED) is 0.817. The molecule has 2 fully saturated rings. The lowest BCUT2D eigenvalue weighted by atomic mass is 9.81. The van der Waals surface area contributed by atoms with Gasteiger partial charge in [0.15, 0.2) is 0 Å². The van der Waals surface area contributed by atoms with E-state index in [1.54, 1.807) is 53.6 Å². The number of rotatable bonds is 3. The van der Waals surface area contributed by atoms with Gasteiger partial charge in [0.05, 0.1) is 10.5 Å². The first-order chi connectivity index (χ1) is 11.8. The topological polar surface area (TPSA) is 66.9 Å². The van der Waals surface area contributed by atoms with Gasteiger partial charge >= 0.3 is 0 Å². The first kappa shape index (κ1) is 18.4. The molecule has 0 radical (unpaired) electrons. The van der Waals surface area contributed by atoms with Crippen LogP contribution in [0.15, 0.2) is 35.2 Å². The summed E-state index contributed by atoms with van der Waals surface area (Å²) in [6.07, 6.45) is 1.72. The fourth-order valence-corrected chi connectivity index (χ4v) is 5.42. The molecule has 1 aromatic carbocycles. The highest BCUT2D eigenvalue weighted by molar-refractivity contribution is 7.89. The van der Waals surface area contributed by atoms with Crippen molar-refractivity contribution in [1.82, 2.24) is 9.21 Å². The highest BCUT2D eigenvalue weighted by Gasteiger charge is 2.50. The van der Waals surface area contributed by atoms with Crippen molar-refractivity contribution in [3.63, 3.8) is 0 Å². The molecule has 138 valence electrons. The van der Waals surface area contributed by atoms with Crippen LogP contribution in [0.4, 0.5) is 0 Å². The van der Waals surface area contributed by atoms with Crippen molar-refractivity contribution in [2.45, 2.75) is 42.8 Å². The van der Waals surface area contributed by atoms with Gasteiger partial charge in [0.25, 0.3) is 5.91 Å². The zero-order valence-corrected chi connectivity index (χ0v) is 15.8. The number of sulfonamides is 1. The molecular formula is C18H26N2O4S. The molecule has 0 saturated carbocycles. The van der Waals surface area contributed by atoms with Gasteiger partial charge in [-0.2, -0.15) is 4.31 Å². The lowest BCUT2D eigenvalue weighted by Gasteiger charge is -2.43. The molecule has 3 atom stereocenters. The molecule has 1 amide bonds. The molecule has 2 heterocycles. The Hall–Kier alpha value is -1.44. The van der Waals surface area contributed by atoms with E-state index in [1.807, 2.05) is 6.92 Å². The molecule has 7 heteroatoms. The van der Waals surface area contributed by atoms with Crippen molar-refractivity contribution < 1.29 is 17.9 Å². The summed E-state index contributed by atoms with van der Waals surface area (Å²) in [7, 11) is -0.0192. The number of likely N-dealkylation sites (N-methyl/N-ethyl adjacent to an activating group) is 1. The molecule has 25 heavy (non-hydrogen) atoms. The van der Waals surface area contributed by atoms with Crippen LogP contribution in [0.2, 0.25) is 0 Å². The fraction of sp³-hybridized carbons (Fsp3) is 0.611. The third-order valence-corrected chi connectivity index (χ3v) is 7.34. The van der Waals surface area contributed by atoms with E-state index in [2.05, 4.69) is 0 Å². The molecule has 0 N–H and O–H groups in total. The van der Waals surface area contributed by atoms with Gasteiger partial charge in [-0.25, -0.2) is 8.42 Å². The van der Waals surface area contributed by atoms with Crippen LogP contribution in [0.5, 0.6) is 0 Å². The normalized spacial score (nSPS) is 30.5. The van der Waals surface area contributed by atoms with E-state index in [1.165, 1.54) is 0 Å². The molecule has 1 aromatic rings. The number of ether oxygens (including phenoxy) is 1. The molecule has 3 rings (SSSR count). The van der Waals surface area contributed by atoms with Crippen molar-refractivity contribution in [3.05, 3.63) is 30.3 Å². The molecule has 1 unspecified atom stereocenters. The van der Waals surface area contributed by atoms with Crippen LogP contribution in [-0.2, 0) is 19.6 Å². The standard InChI is InChI=1S/C18H26N2O4S/c1-14-13-20(25(22,23)15-7-5-4-6-8-15)12-11-18(14)10-9-16(24-18)17(21)19(2)3/h4-8,14,16H,9-13H2,1-3H3/t14-,16?,18+/m1/s1. The molecule has 2 aliphatic heterocycles. The summed E-state index contributed by atoms with van der Waals surface area (Å²) >= 11 is 0. The van der Waals surface area contributed by atoms with Crippen LogP contribution in [0.3, 0.4) is 0 Å². The number of nitrogens with zero attached hydrogens (tertiary/aromatic N) is 2. The zero-order valence-electron chi connectivity index (χ0n) is 15.0. The maximum atomic E-state index is 12.8. The Balaban J connectivity index is 1.73. The summed E-state index contributed by atoms with van der Waals surface area (Å²) in [6.45, 7) is 2.86. The lowest BCUT2D eigenvalue weighted by Crippen LogP contribution is -2.52. The number of piperidine rings is 1. The van der Waals surface area contributed by atoms with Crippen LogP contribution >= 0.6 is 0 Å². The van der Waals surface area contributed by atoms with E-state index >= 15 is 0 Å². The minimum absolute atomic E-state index is 0.0107. The number of hydrogen-bond donors (Lipinski definition) is 0. The monoisotopic (exact) mass is 366 g/mol. The molecule has 2 saturated heterocycles. The Morgan fingerprint density at radius 2 is 1.92 bits per heavy atom. The smallest absolute Gasteiger partial charge is 0.251 e. The highest BCUT2D eigenvalue weighted by atomic mass is 32.2. The first-order valence-corrected chi connectivity index (χ1v) is 10.1. The van der Waals surface area contributed by atoms with Crippen molar-refractivity contribution in [2.75, 3.05) is 27.2 Å². The summed E-state index contributed by atoms with van der Waals surface area (Å²) in [5.74, 6) is 0.0307. The average molecular weight is 366 g/mol. The van der Waals surface area contributed by atoms with Gasteiger partial charge in [-0.05, 0) is 37.3 Å². The SMILES string of the molecule is C[C@@H]1CN(S(=O)(=O)c2ccccc2)CC[C@@]12CCC(C(=O)N(C)C)O2. The van der Waals surface area contributed by atoms with E-state index < -0.39 is 16.1 Å². The van der Waals surface area contributed by atoms with Crippen LogP contribution in [0.1, 0.15) is 26.2 Å². The minimum Gasteiger partial charge on any atom is -0.362 e. The van der Waals surface area contributed by atoms with Crippen LogP contribution < -0.4 is 0 Å². The number of hydrogen-bond acceptors (Lipinski definition) is 4. The summed E-state index contributed by atoms with van der Waals surface area (Å²) < 4.78 is 33.4. The number of amides is 1. The van der Waals surface area contributed by atoms with Gasteiger partial charge in [-0.15, -0.1) is 0 Å².